The van der Waals surface area contributed by atoms with Gasteiger partial charge in [0.1, 0.15) is 0 Å². The van der Waals surface area contributed by atoms with Crippen molar-refractivity contribution in [1.29, 1.82) is 0 Å². The van der Waals surface area contributed by atoms with E-state index in [2.05, 4.69) is 32.4 Å². The molecule has 1 amide bonds. The first kappa shape index (κ1) is 20.1. The third kappa shape index (κ3) is 4.21. The molecule has 1 aliphatic rings. The highest BCUT2D eigenvalue weighted by atomic mass is 32.1. The van der Waals surface area contributed by atoms with Gasteiger partial charge in [0, 0.05) is 36.7 Å². The van der Waals surface area contributed by atoms with Crippen LogP contribution in [0.3, 0.4) is 0 Å². The van der Waals surface area contributed by atoms with Crippen molar-refractivity contribution >= 4 is 28.9 Å². The van der Waals surface area contributed by atoms with Crippen LogP contribution in [0.5, 0.6) is 0 Å². The normalized spacial score (nSPS) is 18.3. The molecule has 4 rings (SSSR count). The van der Waals surface area contributed by atoms with E-state index < -0.39 is 0 Å². The number of carbonyl (C=O) groups excluding carboxylic acids is 1. The third-order valence-electron chi connectivity index (χ3n) is 5.39. The summed E-state index contributed by atoms with van der Waals surface area (Å²) in [5, 5.41) is 7.07. The largest absolute Gasteiger partial charge is 0.363 e. The molecule has 154 valence electrons. The Morgan fingerprint density at radius 2 is 2.00 bits per heavy atom. The monoisotopic (exact) mass is 419 g/mol. The van der Waals surface area contributed by atoms with Gasteiger partial charge >= 0.3 is 0 Å². The van der Waals surface area contributed by atoms with Gasteiger partial charge in [-0.3, -0.25) is 9.78 Å². The van der Waals surface area contributed by atoms with E-state index in [1.165, 1.54) is 0 Å². The second-order valence-corrected chi connectivity index (χ2v) is 7.64. The number of rotatable bonds is 7. The summed E-state index contributed by atoms with van der Waals surface area (Å²) in [4.78, 5) is 22.6. The highest BCUT2D eigenvalue weighted by molar-refractivity contribution is 7.80. The molecule has 3 aromatic rings. The number of amides is 1. The summed E-state index contributed by atoms with van der Waals surface area (Å²) in [6.45, 7) is 2.59. The fourth-order valence-corrected chi connectivity index (χ4v) is 4.23. The topological polar surface area (TPSA) is 73.1 Å². The molecule has 3 heterocycles. The number of hydrogen-bond donors (Lipinski definition) is 3. The number of nitrogens with one attached hydrogen (secondary N) is 3. The summed E-state index contributed by atoms with van der Waals surface area (Å²) in [5.74, 6) is -0.0229. The predicted molar refractivity (Wildman–Crippen MR) is 122 cm³/mol. The molecule has 6 nitrogen and oxygen atoms in total. The van der Waals surface area contributed by atoms with E-state index in [1.807, 2.05) is 60.8 Å². The van der Waals surface area contributed by atoms with Crippen LogP contribution >= 0.6 is 12.2 Å². The number of pyridine rings is 1. The molecule has 1 saturated heterocycles. The fourth-order valence-electron chi connectivity index (χ4n) is 3.90. The number of H-pyrrole nitrogens is 1. The summed E-state index contributed by atoms with van der Waals surface area (Å²) >= 11 is 5.63. The molecule has 0 saturated carbocycles. The van der Waals surface area contributed by atoms with Gasteiger partial charge in [-0.2, -0.15) is 0 Å². The van der Waals surface area contributed by atoms with Crippen LogP contribution in [-0.4, -0.2) is 32.4 Å². The Bertz CT molecular complexity index is 1010. The van der Waals surface area contributed by atoms with Gasteiger partial charge in [0.15, 0.2) is 5.11 Å². The van der Waals surface area contributed by atoms with Crippen molar-refractivity contribution in [2.24, 2.45) is 0 Å². The Morgan fingerprint density at radius 1 is 1.17 bits per heavy atom. The van der Waals surface area contributed by atoms with E-state index in [4.69, 9.17) is 12.2 Å². The molecule has 1 aliphatic heterocycles. The van der Waals surface area contributed by atoms with Crippen molar-refractivity contribution in [3.05, 3.63) is 83.9 Å². The lowest BCUT2D eigenvalue weighted by molar-refractivity contribution is -0.116. The summed E-state index contributed by atoms with van der Waals surface area (Å²) in [6.07, 6.45) is 4.90. The summed E-state index contributed by atoms with van der Waals surface area (Å²) in [5.41, 5.74) is 3.96. The minimum Gasteiger partial charge on any atom is -0.363 e. The predicted octanol–water partition coefficient (Wildman–Crippen LogP) is 3.97. The Kier molecular flexibility index (Phi) is 6.09. The third-order valence-corrected chi connectivity index (χ3v) is 5.74. The molecular weight excluding hydrogens is 394 g/mol. The SMILES string of the molecule is CCc1ccccc1NC(=O)CCN1C(=S)N[C@@H](c2ccccn2)[C@H]1c1ccc[nH]1. The van der Waals surface area contributed by atoms with Crippen LogP contribution in [-0.2, 0) is 11.2 Å². The highest BCUT2D eigenvalue weighted by Crippen LogP contribution is 2.37. The van der Waals surface area contributed by atoms with Crippen molar-refractivity contribution in [1.82, 2.24) is 20.2 Å². The Hall–Kier alpha value is -3.19. The zero-order valence-corrected chi connectivity index (χ0v) is 17.7. The second kappa shape index (κ2) is 9.09. The number of nitrogens with zero attached hydrogens (tertiary/aromatic N) is 2. The fraction of sp³-hybridized carbons (Fsp3) is 0.261. The number of aromatic amines is 1. The van der Waals surface area contributed by atoms with Crippen molar-refractivity contribution in [3.63, 3.8) is 0 Å². The van der Waals surface area contributed by atoms with Crippen LogP contribution in [0, 0.1) is 0 Å². The Balaban J connectivity index is 1.49. The molecule has 7 heteroatoms. The second-order valence-electron chi connectivity index (χ2n) is 7.25. The van der Waals surface area contributed by atoms with Gasteiger partial charge in [0.25, 0.3) is 0 Å². The van der Waals surface area contributed by atoms with Crippen molar-refractivity contribution in [3.8, 4) is 0 Å². The van der Waals surface area contributed by atoms with E-state index in [-0.39, 0.29) is 18.0 Å². The number of aromatic nitrogens is 2. The zero-order valence-electron chi connectivity index (χ0n) is 16.8. The van der Waals surface area contributed by atoms with Gasteiger partial charge in [0.05, 0.1) is 17.8 Å². The number of anilines is 1. The van der Waals surface area contributed by atoms with Crippen LogP contribution in [0.2, 0.25) is 0 Å². The molecule has 0 unspecified atom stereocenters. The average molecular weight is 420 g/mol. The van der Waals surface area contributed by atoms with E-state index >= 15 is 0 Å². The summed E-state index contributed by atoms with van der Waals surface area (Å²) in [7, 11) is 0. The van der Waals surface area contributed by atoms with E-state index in [0.29, 0.717) is 18.1 Å². The first-order valence-electron chi connectivity index (χ1n) is 10.2. The maximum atomic E-state index is 12.7. The molecular formula is C23H25N5OS. The first-order valence-corrected chi connectivity index (χ1v) is 10.6. The smallest absolute Gasteiger partial charge is 0.226 e. The molecule has 0 spiro atoms. The minimum atomic E-state index is -0.0822. The van der Waals surface area contributed by atoms with Gasteiger partial charge in [-0.05, 0) is 54.5 Å². The van der Waals surface area contributed by atoms with Crippen LogP contribution in [0.15, 0.2) is 67.0 Å². The van der Waals surface area contributed by atoms with E-state index in [9.17, 15) is 4.79 Å². The lowest BCUT2D eigenvalue weighted by Crippen LogP contribution is -2.32. The summed E-state index contributed by atoms with van der Waals surface area (Å²) in [6, 6.07) is 17.6. The molecule has 1 fully saturated rings. The Morgan fingerprint density at radius 3 is 2.73 bits per heavy atom. The van der Waals surface area contributed by atoms with Crippen LogP contribution in [0.4, 0.5) is 5.69 Å². The highest BCUT2D eigenvalue weighted by Gasteiger charge is 2.40. The lowest BCUT2D eigenvalue weighted by Gasteiger charge is -2.26. The number of hydrogen-bond acceptors (Lipinski definition) is 3. The van der Waals surface area contributed by atoms with Gasteiger partial charge in [-0.15, -0.1) is 0 Å². The number of benzene rings is 1. The molecule has 0 aliphatic carbocycles. The number of carbonyl (C=O) groups is 1. The van der Waals surface area contributed by atoms with Crippen molar-refractivity contribution in [2.75, 3.05) is 11.9 Å². The van der Waals surface area contributed by atoms with Gasteiger partial charge in [-0.1, -0.05) is 31.2 Å². The van der Waals surface area contributed by atoms with Crippen molar-refractivity contribution < 1.29 is 4.79 Å². The minimum absolute atomic E-state index is 0.0229. The molecule has 0 radical (unpaired) electrons. The maximum absolute atomic E-state index is 12.7. The standard InChI is InChI=1S/C23H25N5OS/c1-2-16-8-3-4-9-17(16)26-20(29)12-15-28-22(19-11-7-14-25-19)21(27-23(28)30)18-10-5-6-13-24-18/h3-11,13-14,21-22,25H,2,12,15H2,1H3,(H,26,29)(H,27,30)/t21-,22+/m0/s1. The van der Waals surface area contributed by atoms with Gasteiger partial charge in [0.2, 0.25) is 5.91 Å². The first-order chi connectivity index (χ1) is 14.7. The van der Waals surface area contributed by atoms with E-state index in [1.54, 1.807) is 6.20 Å². The number of thiocarbonyl (C=S) groups is 1. The number of para-hydroxylation sites is 1. The summed E-state index contributed by atoms with van der Waals surface area (Å²) < 4.78 is 0. The molecule has 2 atom stereocenters. The zero-order chi connectivity index (χ0) is 20.9. The van der Waals surface area contributed by atoms with Crippen molar-refractivity contribution in [2.45, 2.75) is 31.8 Å². The Labute approximate surface area is 181 Å². The van der Waals surface area contributed by atoms with E-state index in [0.717, 1.165) is 29.1 Å². The van der Waals surface area contributed by atoms with Crippen LogP contribution in [0.1, 0.15) is 42.4 Å². The molecule has 2 aromatic heterocycles. The molecule has 0 bridgehead atoms. The molecule has 1 aromatic carbocycles. The quantitative estimate of drug-likeness (QED) is 0.506. The molecule has 30 heavy (non-hydrogen) atoms. The number of aryl methyl sites for hydroxylation is 1. The van der Waals surface area contributed by atoms with Crippen LogP contribution < -0.4 is 10.6 Å². The lowest BCUT2D eigenvalue weighted by atomic mass is 10.0. The maximum Gasteiger partial charge on any atom is 0.226 e. The average Bonchev–Trinajstić information content (AvgIpc) is 3.41. The van der Waals surface area contributed by atoms with Gasteiger partial charge in [-0.25, -0.2) is 0 Å². The van der Waals surface area contributed by atoms with Crippen LogP contribution in [0.25, 0.3) is 0 Å². The van der Waals surface area contributed by atoms with Gasteiger partial charge < -0.3 is 20.5 Å². The molecule has 3 N–H and O–H groups in total.